The number of hydrogen-bond donors (Lipinski definition) is 1. The summed E-state index contributed by atoms with van der Waals surface area (Å²) in [6, 6.07) is 4.04. The largest absolute Gasteiger partial charge is 0.356 e. The van der Waals surface area contributed by atoms with Gasteiger partial charge in [0.1, 0.15) is 5.69 Å². The van der Waals surface area contributed by atoms with Crippen molar-refractivity contribution in [2.45, 2.75) is 19.3 Å². The minimum atomic E-state index is 0.0228. The number of nitrogens with zero attached hydrogens (tertiary/aromatic N) is 4. The first kappa shape index (κ1) is 21.3. The molecule has 8 heteroatoms. The van der Waals surface area contributed by atoms with Gasteiger partial charge < -0.3 is 24.6 Å². The zero-order chi connectivity index (χ0) is 21.1. The fourth-order valence-electron chi connectivity index (χ4n) is 4.49. The molecular formula is C22H33N5O2S. The first-order chi connectivity index (χ1) is 14.5. The van der Waals surface area contributed by atoms with E-state index in [-0.39, 0.29) is 17.7 Å². The third kappa shape index (κ3) is 4.71. The lowest BCUT2D eigenvalue weighted by atomic mass is 9.95. The zero-order valence-electron chi connectivity index (χ0n) is 18.1. The van der Waals surface area contributed by atoms with Crippen LogP contribution in [0.2, 0.25) is 0 Å². The quantitative estimate of drug-likeness (QED) is 0.709. The number of aryl methyl sites for hydroxylation is 1. The number of fused-ring (bicyclic) bond motifs is 1. The third-order valence-electron chi connectivity index (χ3n) is 6.58. The van der Waals surface area contributed by atoms with Crippen molar-refractivity contribution < 1.29 is 9.59 Å². The minimum absolute atomic E-state index is 0.0228. The van der Waals surface area contributed by atoms with Gasteiger partial charge in [0.15, 0.2) is 0 Å². The lowest BCUT2D eigenvalue weighted by molar-refractivity contribution is -0.126. The average molecular weight is 432 g/mol. The second-order valence-corrected chi connectivity index (χ2v) is 9.56. The standard InChI is InChI=1S/C22H33N5O2S/c1-24-11-13-26(14-12-24)8-3-7-23-21(28)17-4-9-27(10-5-17)22(29)19-16-20-18(25(19)2)6-15-30-20/h6,15-17H,3-5,7-14H2,1-2H3,(H,23,28). The van der Waals surface area contributed by atoms with Crippen LogP contribution in [0.25, 0.3) is 10.2 Å². The molecule has 30 heavy (non-hydrogen) atoms. The summed E-state index contributed by atoms with van der Waals surface area (Å²) in [6.45, 7) is 7.59. The molecule has 164 valence electrons. The Bertz CT molecular complexity index is 875. The van der Waals surface area contributed by atoms with Gasteiger partial charge >= 0.3 is 0 Å². The highest BCUT2D eigenvalue weighted by atomic mass is 32.1. The van der Waals surface area contributed by atoms with Gasteiger partial charge in [-0.25, -0.2) is 0 Å². The van der Waals surface area contributed by atoms with Crippen molar-refractivity contribution in [1.29, 1.82) is 0 Å². The molecule has 0 aliphatic carbocycles. The summed E-state index contributed by atoms with van der Waals surface area (Å²) in [5.41, 5.74) is 1.85. The van der Waals surface area contributed by atoms with Crippen LogP contribution >= 0.6 is 11.3 Å². The van der Waals surface area contributed by atoms with Gasteiger partial charge in [-0.15, -0.1) is 11.3 Å². The maximum atomic E-state index is 12.9. The Morgan fingerprint density at radius 1 is 1.10 bits per heavy atom. The van der Waals surface area contributed by atoms with E-state index in [0.29, 0.717) is 13.1 Å². The Hall–Kier alpha value is -1.90. The van der Waals surface area contributed by atoms with Gasteiger partial charge in [0.25, 0.3) is 5.91 Å². The second kappa shape index (κ2) is 9.49. The Labute approximate surface area is 182 Å². The Morgan fingerprint density at radius 3 is 2.53 bits per heavy atom. The molecule has 4 rings (SSSR count). The number of amides is 2. The molecule has 2 amide bonds. The van der Waals surface area contributed by atoms with Gasteiger partial charge in [-0.1, -0.05) is 0 Å². The molecular weight excluding hydrogens is 398 g/mol. The molecule has 2 aliphatic rings. The van der Waals surface area contributed by atoms with E-state index in [1.54, 1.807) is 11.3 Å². The van der Waals surface area contributed by atoms with E-state index in [0.717, 1.165) is 74.4 Å². The van der Waals surface area contributed by atoms with E-state index < -0.39 is 0 Å². The van der Waals surface area contributed by atoms with Crippen molar-refractivity contribution >= 4 is 33.4 Å². The smallest absolute Gasteiger partial charge is 0.270 e. The SMILES string of the molecule is CN1CCN(CCCNC(=O)C2CCN(C(=O)c3cc4sccc4n3C)CC2)CC1. The van der Waals surface area contributed by atoms with Crippen LogP contribution < -0.4 is 5.32 Å². The number of hydrogen-bond acceptors (Lipinski definition) is 5. The van der Waals surface area contributed by atoms with Crippen LogP contribution in [0.4, 0.5) is 0 Å². The number of thiophene rings is 1. The summed E-state index contributed by atoms with van der Waals surface area (Å²) in [5, 5.41) is 5.17. The molecule has 0 spiro atoms. The average Bonchev–Trinajstić information content (AvgIpc) is 3.35. The number of piperazine rings is 1. The number of carbonyl (C=O) groups excluding carboxylic acids is 2. The van der Waals surface area contributed by atoms with Crippen LogP contribution in [0, 0.1) is 5.92 Å². The summed E-state index contributed by atoms with van der Waals surface area (Å²) >= 11 is 1.66. The van der Waals surface area contributed by atoms with Gasteiger partial charge in [0.2, 0.25) is 5.91 Å². The summed E-state index contributed by atoms with van der Waals surface area (Å²) in [6.07, 6.45) is 2.49. The van der Waals surface area contributed by atoms with Crippen molar-refractivity contribution in [1.82, 2.24) is 24.6 Å². The molecule has 0 aromatic carbocycles. The Kier molecular flexibility index (Phi) is 6.75. The molecule has 2 saturated heterocycles. The first-order valence-electron chi connectivity index (χ1n) is 11.0. The molecule has 0 bridgehead atoms. The molecule has 2 aromatic rings. The molecule has 0 radical (unpaired) electrons. The zero-order valence-corrected chi connectivity index (χ0v) is 18.9. The van der Waals surface area contributed by atoms with E-state index in [4.69, 9.17) is 0 Å². The fourth-order valence-corrected chi connectivity index (χ4v) is 5.34. The van der Waals surface area contributed by atoms with Crippen LogP contribution in [-0.2, 0) is 11.8 Å². The van der Waals surface area contributed by atoms with E-state index in [9.17, 15) is 9.59 Å². The second-order valence-electron chi connectivity index (χ2n) is 8.61. The van der Waals surface area contributed by atoms with Crippen molar-refractivity contribution in [3.8, 4) is 0 Å². The minimum Gasteiger partial charge on any atom is -0.356 e. The van der Waals surface area contributed by atoms with Gasteiger partial charge in [-0.3, -0.25) is 9.59 Å². The lowest BCUT2D eigenvalue weighted by Gasteiger charge is -2.32. The molecule has 1 N–H and O–H groups in total. The van der Waals surface area contributed by atoms with Crippen LogP contribution in [0.5, 0.6) is 0 Å². The summed E-state index contributed by atoms with van der Waals surface area (Å²) in [4.78, 5) is 32.2. The number of carbonyl (C=O) groups is 2. The van der Waals surface area contributed by atoms with Crippen LogP contribution in [0.1, 0.15) is 29.8 Å². The van der Waals surface area contributed by atoms with Crippen LogP contribution in [0.15, 0.2) is 17.5 Å². The highest BCUT2D eigenvalue weighted by molar-refractivity contribution is 7.17. The summed E-state index contributed by atoms with van der Waals surface area (Å²) in [7, 11) is 4.11. The molecule has 0 saturated carbocycles. The van der Waals surface area contributed by atoms with Gasteiger partial charge in [0, 0.05) is 58.8 Å². The molecule has 0 atom stereocenters. The van der Waals surface area contributed by atoms with Crippen molar-refractivity contribution in [3.05, 3.63) is 23.2 Å². The van der Waals surface area contributed by atoms with Gasteiger partial charge in [0.05, 0.1) is 10.2 Å². The Morgan fingerprint density at radius 2 is 1.83 bits per heavy atom. The number of likely N-dealkylation sites (N-methyl/N-ethyl adjacent to an activating group) is 1. The monoisotopic (exact) mass is 431 g/mol. The predicted octanol–water partition coefficient (Wildman–Crippen LogP) is 1.85. The highest BCUT2D eigenvalue weighted by Crippen LogP contribution is 2.26. The summed E-state index contributed by atoms with van der Waals surface area (Å²) < 4.78 is 3.12. The van der Waals surface area contributed by atoms with Gasteiger partial charge in [-0.2, -0.15) is 0 Å². The molecule has 2 aromatic heterocycles. The molecule has 2 aliphatic heterocycles. The maximum Gasteiger partial charge on any atom is 0.270 e. The predicted molar refractivity (Wildman–Crippen MR) is 121 cm³/mol. The molecule has 4 heterocycles. The Balaban J connectivity index is 1.18. The van der Waals surface area contributed by atoms with E-state index in [1.165, 1.54) is 0 Å². The molecule has 7 nitrogen and oxygen atoms in total. The topological polar surface area (TPSA) is 60.8 Å². The van der Waals surface area contributed by atoms with Crippen molar-refractivity contribution in [3.63, 3.8) is 0 Å². The number of nitrogens with one attached hydrogen (secondary N) is 1. The maximum absolute atomic E-state index is 12.9. The number of rotatable bonds is 6. The number of aromatic nitrogens is 1. The van der Waals surface area contributed by atoms with Crippen molar-refractivity contribution in [2.75, 3.05) is 59.4 Å². The molecule has 0 unspecified atom stereocenters. The van der Waals surface area contributed by atoms with Crippen molar-refractivity contribution in [2.24, 2.45) is 13.0 Å². The number of piperidine rings is 1. The van der Waals surface area contributed by atoms with Gasteiger partial charge in [-0.05, 0) is 50.4 Å². The first-order valence-corrected chi connectivity index (χ1v) is 11.9. The highest BCUT2D eigenvalue weighted by Gasteiger charge is 2.29. The fraction of sp³-hybridized carbons (Fsp3) is 0.636. The van der Waals surface area contributed by atoms with E-state index in [2.05, 4.69) is 28.2 Å². The molecule has 2 fully saturated rings. The van der Waals surface area contributed by atoms with Crippen LogP contribution in [-0.4, -0.2) is 90.5 Å². The number of likely N-dealkylation sites (tertiary alicyclic amines) is 1. The van der Waals surface area contributed by atoms with Crippen LogP contribution in [0.3, 0.4) is 0 Å². The van der Waals surface area contributed by atoms with E-state index in [1.807, 2.05) is 28.0 Å². The third-order valence-corrected chi connectivity index (χ3v) is 7.44. The van der Waals surface area contributed by atoms with E-state index >= 15 is 0 Å². The summed E-state index contributed by atoms with van der Waals surface area (Å²) in [5.74, 6) is 0.251. The normalized spacial score (nSPS) is 19.5. The lowest BCUT2D eigenvalue weighted by Crippen LogP contribution is -2.45.